The topological polar surface area (TPSA) is 51.5 Å². The molecule has 0 saturated heterocycles. The van der Waals surface area contributed by atoms with Crippen molar-refractivity contribution < 1.29 is 13.9 Å². The highest BCUT2D eigenvalue weighted by atomic mass is 16.5. The SMILES string of the molecule is C[C@@H](Oc1cccc2ccccc12)C(=O)NCc1ccco1. The molecule has 4 heteroatoms. The highest BCUT2D eigenvalue weighted by Gasteiger charge is 2.15. The maximum atomic E-state index is 12.1. The van der Waals surface area contributed by atoms with Crippen LogP contribution in [0.5, 0.6) is 5.75 Å². The third-order valence-corrected chi connectivity index (χ3v) is 3.44. The van der Waals surface area contributed by atoms with E-state index in [0.29, 0.717) is 18.1 Å². The van der Waals surface area contributed by atoms with Crippen molar-refractivity contribution in [1.82, 2.24) is 5.32 Å². The Bertz CT molecular complexity index is 760. The summed E-state index contributed by atoms with van der Waals surface area (Å²) in [4.78, 5) is 12.1. The van der Waals surface area contributed by atoms with Crippen LogP contribution in [0.1, 0.15) is 12.7 Å². The molecule has 0 aliphatic rings. The van der Waals surface area contributed by atoms with Gasteiger partial charge in [-0.2, -0.15) is 0 Å². The van der Waals surface area contributed by atoms with Gasteiger partial charge >= 0.3 is 0 Å². The molecule has 4 nitrogen and oxygen atoms in total. The Hall–Kier alpha value is -2.75. The van der Waals surface area contributed by atoms with E-state index in [2.05, 4.69) is 5.32 Å². The molecule has 1 N–H and O–H groups in total. The summed E-state index contributed by atoms with van der Waals surface area (Å²) in [5, 5.41) is 4.88. The van der Waals surface area contributed by atoms with Crippen LogP contribution in [0.15, 0.2) is 65.3 Å². The van der Waals surface area contributed by atoms with E-state index in [1.807, 2.05) is 48.5 Å². The van der Waals surface area contributed by atoms with Crippen LogP contribution in [-0.4, -0.2) is 12.0 Å². The lowest BCUT2D eigenvalue weighted by molar-refractivity contribution is -0.127. The first-order valence-corrected chi connectivity index (χ1v) is 7.18. The highest BCUT2D eigenvalue weighted by Crippen LogP contribution is 2.26. The van der Waals surface area contributed by atoms with Gasteiger partial charge in [0.2, 0.25) is 0 Å². The number of carbonyl (C=O) groups excluding carboxylic acids is 1. The zero-order chi connectivity index (χ0) is 15.4. The molecule has 22 heavy (non-hydrogen) atoms. The Morgan fingerprint density at radius 2 is 1.95 bits per heavy atom. The second-order valence-corrected chi connectivity index (χ2v) is 5.03. The number of furan rings is 1. The standard InChI is InChI=1S/C18H17NO3/c1-13(18(20)19-12-15-8-5-11-21-15)22-17-10-4-7-14-6-2-3-9-16(14)17/h2-11,13H,12H2,1H3,(H,19,20)/t13-/m1/s1. The van der Waals surface area contributed by atoms with Crippen LogP contribution in [-0.2, 0) is 11.3 Å². The number of carbonyl (C=O) groups is 1. The summed E-state index contributed by atoms with van der Waals surface area (Å²) in [5.74, 6) is 1.24. The van der Waals surface area contributed by atoms with E-state index >= 15 is 0 Å². The van der Waals surface area contributed by atoms with Crippen LogP contribution in [0, 0.1) is 0 Å². The second-order valence-electron chi connectivity index (χ2n) is 5.03. The Morgan fingerprint density at radius 1 is 1.14 bits per heavy atom. The molecule has 0 bridgehead atoms. The predicted molar refractivity (Wildman–Crippen MR) is 84.6 cm³/mol. The smallest absolute Gasteiger partial charge is 0.261 e. The lowest BCUT2D eigenvalue weighted by Crippen LogP contribution is -2.35. The van der Waals surface area contributed by atoms with Crippen molar-refractivity contribution in [3.63, 3.8) is 0 Å². The summed E-state index contributed by atoms with van der Waals surface area (Å²) in [6, 6.07) is 17.4. The first-order chi connectivity index (χ1) is 10.7. The Morgan fingerprint density at radius 3 is 2.77 bits per heavy atom. The van der Waals surface area contributed by atoms with E-state index in [1.54, 1.807) is 19.3 Å². The van der Waals surface area contributed by atoms with Gasteiger partial charge in [-0.3, -0.25) is 4.79 Å². The molecule has 0 radical (unpaired) electrons. The summed E-state index contributed by atoms with van der Waals surface area (Å²) >= 11 is 0. The first kappa shape index (κ1) is 14.2. The number of amides is 1. The van der Waals surface area contributed by atoms with Crippen LogP contribution >= 0.6 is 0 Å². The number of ether oxygens (including phenoxy) is 1. The number of benzene rings is 2. The van der Waals surface area contributed by atoms with Gasteiger partial charge in [-0.15, -0.1) is 0 Å². The average Bonchev–Trinajstić information content (AvgIpc) is 3.06. The number of fused-ring (bicyclic) bond motifs is 1. The second kappa shape index (κ2) is 6.35. The lowest BCUT2D eigenvalue weighted by Gasteiger charge is -2.15. The molecule has 0 spiro atoms. The molecule has 1 heterocycles. The molecular formula is C18H17NO3. The lowest BCUT2D eigenvalue weighted by atomic mass is 10.1. The number of nitrogens with one attached hydrogen (secondary N) is 1. The van der Waals surface area contributed by atoms with Crippen LogP contribution < -0.4 is 10.1 Å². The number of hydrogen-bond donors (Lipinski definition) is 1. The fourth-order valence-electron chi connectivity index (χ4n) is 2.27. The maximum absolute atomic E-state index is 12.1. The van der Waals surface area contributed by atoms with E-state index < -0.39 is 6.10 Å². The molecule has 2 aromatic carbocycles. The quantitative estimate of drug-likeness (QED) is 0.783. The molecule has 0 unspecified atom stereocenters. The largest absolute Gasteiger partial charge is 0.480 e. The monoisotopic (exact) mass is 295 g/mol. The molecule has 0 saturated carbocycles. The van der Waals surface area contributed by atoms with Crippen molar-refractivity contribution in [2.45, 2.75) is 19.6 Å². The van der Waals surface area contributed by atoms with Gasteiger partial charge in [0, 0.05) is 5.39 Å². The van der Waals surface area contributed by atoms with Crippen LogP contribution in [0.3, 0.4) is 0 Å². The van der Waals surface area contributed by atoms with Crippen molar-refractivity contribution in [3.05, 3.63) is 66.6 Å². The fraction of sp³-hybridized carbons (Fsp3) is 0.167. The van der Waals surface area contributed by atoms with Gasteiger partial charge in [0.05, 0.1) is 12.8 Å². The molecule has 3 rings (SSSR count). The third kappa shape index (κ3) is 3.11. The fourth-order valence-corrected chi connectivity index (χ4v) is 2.27. The van der Waals surface area contributed by atoms with Crippen molar-refractivity contribution >= 4 is 16.7 Å². The number of hydrogen-bond acceptors (Lipinski definition) is 3. The van der Waals surface area contributed by atoms with Gasteiger partial charge < -0.3 is 14.5 Å². The maximum Gasteiger partial charge on any atom is 0.261 e. The van der Waals surface area contributed by atoms with Crippen molar-refractivity contribution in [3.8, 4) is 5.75 Å². The van der Waals surface area contributed by atoms with E-state index in [1.165, 1.54) is 0 Å². The number of rotatable bonds is 5. The van der Waals surface area contributed by atoms with Crippen LogP contribution in [0.4, 0.5) is 0 Å². The van der Waals surface area contributed by atoms with Gasteiger partial charge in [0.25, 0.3) is 5.91 Å². The zero-order valence-electron chi connectivity index (χ0n) is 12.3. The molecule has 1 amide bonds. The minimum Gasteiger partial charge on any atom is -0.480 e. The minimum atomic E-state index is -0.583. The summed E-state index contributed by atoms with van der Waals surface area (Å²) < 4.78 is 11.0. The Balaban J connectivity index is 1.67. The van der Waals surface area contributed by atoms with E-state index in [0.717, 1.165) is 10.8 Å². The summed E-state index contributed by atoms with van der Waals surface area (Å²) in [5.41, 5.74) is 0. The van der Waals surface area contributed by atoms with Gasteiger partial charge in [0.15, 0.2) is 6.10 Å². The Kier molecular flexibility index (Phi) is 4.10. The summed E-state index contributed by atoms with van der Waals surface area (Å²) in [6.45, 7) is 2.09. The predicted octanol–water partition coefficient (Wildman–Crippen LogP) is 3.52. The third-order valence-electron chi connectivity index (χ3n) is 3.44. The molecule has 0 aliphatic heterocycles. The first-order valence-electron chi connectivity index (χ1n) is 7.18. The van der Waals surface area contributed by atoms with Gasteiger partial charge in [-0.05, 0) is 30.5 Å². The van der Waals surface area contributed by atoms with Crippen molar-refractivity contribution in [2.75, 3.05) is 0 Å². The molecule has 1 atom stereocenters. The highest BCUT2D eigenvalue weighted by molar-refractivity contribution is 5.89. The molecule has 112 valence electrons. The molecular weight excluding hydrogens is 278 g/mol. The van der Waals surface area contributed by atoms with Gasteiger partial charge in [0.1, 0.15) is 11.5 Å². The van der Waals surface area contributed by atoms with E-state index in [4.69, 9.17) is 9.15 Å². The molecule has 0 aliphatic carbocycles. The van der Waals surface area contributed by atoms with Crippen molar-refractivity contribution in [1.29, 1.82) is 0 Å². The van der Waals surface area contributed by atoms with Gasteiger partial charge in [-0.25, -0.2) is 0 Å². The minimum absolute atomic E-state index is 0.177. The molecule has 3 aromatic rings. The van der Waals surface area contributed by atoms with E-state index in [-0.39, 0.29) is 5.91 Å². The molecule has 1 aromatic heterocycles. The van der Waals surface area contributed by atoms with Gasteiger partial charge in [-0.1, -0.05) is 36.4 Å². The normalized spacial score (nSPS) is 12.0. The summed E-state index contributed by atoms with van der Waals surface area (Å²) in [7, 11) is 0. The Labute approximate surface area is 128 Å². The van der Waals surface area contributed by atoms with Crippen molar-refractivity contribution in [2.24, 2.45) is 0 Å². The zero-order valence-corrected chi connectivity index (χ0v) is 12.3. The molecule has 0 fully saturated rings. The van der Waals surface area contributed by atoms with Crippen LogP contribution in [0.25, 0.3) is 10.8 Å². The summed E-state index contributed by atoms with van der Waals surface area (Å²) in [6.07, 6.45) is 0.998. The average molecular weight is 295 g/mol. The van der Waals surface area contributed by atoms with E-state index in [9.17, 15) is 4.79 Å². The van der Waals surface area contributed by atoms with Crippen LogP contribution in [0.2, 0.25) is 0 Å².